The molecule has 1 N–H and O–H groups in total. The van der Waals surface area contributed by atoms with Gasteiger partial charge in [-0.05, 0) is 37.8 Å². The lowest BCUT2D eigenvalue weighted by molar-refractivity contribution is 0.581. The van der Waals surface area contributed by atoms with Crippen molar-refractivity contribution in [3.05, 3.63) is 45.7 Å². The number of fused-ring (bicyclic) bond motifs is 1. The molecule has 7 heteroatoms. The number of aromatic nitrogens is 1. The van der Waals surface area contributed by atoms with Crippen molar-refractivity contribution in [1.82, 2.24) is 9.40 Å². The smallest absolute Gasteiger partial charge is 0.276 e. The second kappa shape index (κ2) is 5.65. The number of hydrogen-bond acceptors (Lipinski definition) is 4. The number of nitrogens with one attached hydrogen (secondary N) is 1. The lowest BCUT2D eigenvalue weighted by atomic mass is 10.0. The first-order valence-electron chi connectivity index (χ1n) is 6.86. The Morgan fingerprint density at radius 1 is 1.19 bits per heavy atom. The van der Waals surface area contributed by atoms with E-state index in [0.717, 1.165) is 12.8 Å². The molecule has 0 amide bonds. The number of thiazole rings is 1. The molecule has 1 aliphatic carbocycles. The van der Waals surface area contributed by atoms with Gasteiger partial charge in [-0.2, -0.15) is 13.2 Å². The highest BCUT2D eigenvalue weighted by Crippen LogP contribution is 2.22. The van der Waals surface area contributed by atoms with Crippen LogP contribution in [0.3, 0.4) is 0 Å². The molecule has 0 unspecified atom stereocenters. The SMILES string of the molecule is Cn1c2c(s/c1=N\NS(=O)(=O)c1ccccc1)CCCC2. The topological polar surface area (TPSA) is 63.5 Å². The minimum absolute atomic E-state index is 0.220. The van der Waals surface area contributed by atoms with Crippen LogP contribution in [-0.4, -0.2) is 13.0 Å². The Labute approximate surface area is 128 Å². The third-order valence-corrected chi connectivity index (χ3v) is 6.07. The maximum Gasteiger partial charge on any atom is 0.276 e. The van der Waals surface area contributed by atoms with Gasteiger partial charge < -0.3 is 4.57 Å². The molecule has 5 nitrogen and oxygen atoms in total. The second-order valence-electron chi connectivity index (χ2n) is 5.04. The Morgan fingerprint density at radius 2 is 1.90 bits per heavy atom. The van der Waals surface area contributed by atoms with E-state index >= 15 is 0 Å². The van der Waals surface area contributed by atoms with Crippen LogP contribution in [0.1, 0.15) is 23.4 Å². The first-order chi connectivity index (χ1) is 10.1. The van der Waals surface area contributed by atoms with Crippen LogP contribution < -0.4 is 9.63 Å². The molecule has 112 valence electrons. The van der Waals surface area contributed by atoms with Crippen molar-refractivity contribution in [2.75, 3.05) is 0 Å². The van der Waals surface area contributed by atoms with E-state index < -0.39 is 10.0 Å². The normalized spacial score (nSPS) is 15.8. The Bertz CT molecular complexity index is 804. The van der Waals surface area contributed by atoms with Crippen LogP contribution in [0.5, 0.6) is 0 Å². The maximum absolute atomic E-state index is 12.2. The zero-order valence-electron chi connectivity index (χ0n) is 11.7. The summed E-state index contributed by atoms with van der Waals surface area (Å²) in [7, 11) is -1.66. The number of hydrogen-bond donors (Lipinski definition) is 1. The molecule has 0 spiro atoms. The number of nitrogens with zero attached hydrogens (tertiary/aromatic N) is 2. The van der Waals surface area contributed by atoms with Crippen LogP contribution in [0.15, 0.2) is 40.3 Å². The molecule has 3 rings (SSSR count). The fourth-order valence-corrected chi connectivity index (χ4v) is 4.52. The molecule has 1 heterocycles. The molecule has 21 heavy (non-hydrogen) atoms. The van der Waals surface area contributed by atoms with Crippen molar-refractivity contribution in [3.63, 3.8) is 0 Å². The van der Waals surface area contributed by atoms with E-state index in [1.165, 1.54) is 23.4 Å². The standard InChI is InChI=1S/C14H17N3O2S2/c1-17-12-9-5-6-10-13(12)20-14(17)15-16-21(18,19)11-7-3-2-4-8-11/h2-4,7-8,16H,5-6,9-10H2,1H3/b15-14-. The first-order valence-corrected chi connectivity index (χ1v) is 9.16. The van der Waals surface area contributed by atoms with Crippen LogP contribution in [-0.2, 0) is 29.9 Å². The zero-order valence-corrected chi connectivity index (χ0v) is 13.4. The third kappa shape index (κ3) is 2.89. The predicted octanol–water partition coefficient (Wildman–Crippen LogP) is 1.76. The minimum atomic E-state index is -3.60. The summed E-state index contributed by atoms with van der Waals surface area (Å²) < 4.78 is 26.3. The maximum atomic E-state index is 12.2. The fraction of sp³-hybridized carbons (Fsp3) is 0.357. The highest BCUT2D eigenvalue weighted by Gasteiger charge is 2.16. The van der Waals surface area contributed by atoms with Crippen molar-refractivity contribution in [1.29, 1.82) is 0 Å². The summed E-state index contributed by atoms with van der Waals surface area (Å²) in [4.78, 5) is 4.56. The van der Waals surface area contributed by atoms with Gasteiger partial charge in [-0.25, -0.2) is 0 Å². The molecule has 1 aromatic heterocycles. The van der Waals surface area contributed by atoms with Gasteiger partial charge in [0.25, 0.3) is 10.0 Å². The van der Waals surface area contributed by atoms with Gasteiger partial charge >= 0.3 is 0 Å². The summed E-state index contributed by atoms with van der Waals surface area (Å²) in [6, 6.07) is 8.27. The Kier molecular flexibility index (Phi) is 3.86. The van der Waals surface area contributed by atoms with E-state index in [0.29, 0.717) is 4.80 Å². The fourth-order valence-electron chi connectivity index (χ4n) is 2.47. The lowest BCUT2D eigenvalue weighted by Crippen LogP contribution is -2.24. The highest BCUT2D eigenvalue weighted by atomic mass is 32.2. The van der Waals surface area contributed by atoms with Gasteiger partial charge in [0.2, 0.25) is 4.80 Å². The van der Waals surface area contributed by atoms with E-state index in [-0.39, 0.29) is 4.90 Å². The van der Waals surface area contributed by atoms with Crippen molar-refractivity contribution in [2.45, 2.75) is 30.6 Å². The Morgan fingerprint density at radius 3 is 2.62 bits per heavy atom. The number of aryl methyl sites for hydroxylation is 1. The van der Waals surface area contributed by atoms with E-state index in [1.807, 2.05) is 11.6 Å². The average Bonchev–Trinajstić information content (AvgIpc) is 2.83. The zero-order chi connectivity index (χ0) is 14.9. The number of benzene rings is 1. The summed E-state index contributed by atoms with van der Waals surface area (Å²) in [5.74, 6) is 0. The number of sulfonamides is 1. The molecule has 1 aliphatic rings. The Hall–Kier alpha value is -1.60. The van der Waals surface area contributed by atoms with Gasteiger partial charge in [0, 0.05) is 17.6 Å². The summed E-state index contributed by atoms with van der Waals surface area (Å²) >= 11 is 1.57. The summed E-state index contributed by atoms with van der Waals surface area (Å²) in [6.07, 6.45) is 4.49. The molecule has 0 atom stereocenters. The third-order valence-electron chi connectivity index (χ3n) is 3.61. The van der Waals surface area contributed by atoms with Crippen LogP contribution in [0, 0.1) is 0 Å². The van der Waals surface area contributed by atoms with Gasteiger partial charge in [-0.3, -0.25) is 0 Å². The molecule has 0 aliphatic heterocycles. The van der Waals surface area contributed by atoms with Crippen LogP contribution in [0.2, 0.25) is 0 Å². The summed E-state index contributed by atoms with van der Waals surface area (Å²) in [5, 5.41) is 4.10. The predicted molar refractivity (Wildman–Crippen MR) is 82.3 cm³/mol. The van der Waals surface area contributed by atoms with Gasteiger partial charge in [0.15, 0.2) is 0 Å². The molecule has 0 bridgehead atoms. The van der Waals surface area contributed by atoms with Gasteiger partial charge in [0.1, 0.15) is 0 Å². The van der Waals surface area contributed by atoms with Crippen LogP contribution >= 0.6 is 11.3 Å². The van der Waals surface area contributed by atoms with Crippen LogP contribution in [0.4, 0.5) is 0 Å². The van der Waals surface area contributed by atoms with E-state index in [9.17, 15) is 8.42 Å². The second-order valence-corrected chi connectivity index (χ2v) is 7.76. The van der Waals surface area contributed by atoms with E-state index in [2.05, 4.69) is 9.93 Å². The van der Waals surface area contributed by atoms with Crippen molar-refractivity contribution in [2.24, 2.45) is 12.1 Å². The van der Waals surface area contributed by atoms with Gasteiger partial charge in [-0.15, -0.1) is 5.10 Å². The monoisotopic (exact) mass is 323 g/mol. The van der Waals surface area contributed by atoms with Gasteiger partial charge in [-0.1, -0.05) is 29.5 Å². The molecular formula is C14H17N3O2S2. The number of rotatable bonds is 3. The quantitative estimate of drug-likeness (QED) is 0.875. The molecule has 0 saturated carbocycles. The molecule has 0 saturated heterocycles. The molecular weight excluding hydrogens is 306 g/mol. The van der Waals surface area contributed by atoms with Crippen molar-refractivity contribution >= 4 is 21.4 Å². The van der Waals surface area contributed by atoms with Crippen LogP contribution in [0.25, 0.3) is 0 Å². The van der Waals surface area contributed by atoms with E-state index in [1.54, 1.807) is 41.7 Å². The van der Waals surface area contributed by atoms with Crippen molar-refractivity contribution < 1.29 is 8.42 Å². The van der Waals surface area contributed by atoms with Crippen molar-refractivity contribution in [3.8, 4) is 0 Å². The molecule has 2 aromatic rings. The molecule has 0 radical (unpaired) electrons. The highest BCUT2D eigenvalue weighted by molar-refractivity contribution is 7.89. The molecule has 0 fully saturated rings. The lowest BCUT2D eigenvalue weighted by Gasteiger charge is -2.11. The van der Waals surface area contributed by atoms with Gasteiger partial charge in [0.05, 0.1) is 4.90 Å². The average molecular weight is 323 g/mol. The summed E-state index contributed by atoms with van der Waals surface area (Å²) in [5.41, 5.74) is 1.28. The molecule has 1 aromatic carbocycles. The van der Waals surface area contributed by atoms with E-state index in [4.69, 9.17) is 0 Å². The first kappa shape index (κ1) is 14.3. The minimum Gasteiger partial charge on any atom is -0.322 e. The Balaban J connectivity index is 1.92. The largest absolute Gasteiger partial charge is 0.322 e. The summed E-state index contributed by atoms with van der Waals surface area (Å²) in [6.45, 7) is 0.